The van der Waals surface area contributed by atoms with Gasteiger partial charge in [-0.1, -0.05) is 96.5 Å². The average molecular weight is 855 g/mol. The molecule has 0 bridgehead atoms. The van der Waals surface area contributed by atoms with Crippen molar-refractivity contribution in [3.05, 3.63) is 150 Å². The fourth-order valence-electron chi connectivity index (χ4n) is 7.00. The van der Waals surface area contributed by atoms with Crippen molar-refractivity contribution in [1.82, 2.24) is 9.97 Å². The molecular formula is C48H52BClN6O6. The molecule has 0 spiro atoms. The van der Waals surface area contributed by atoms with Crippen LogP contribution in [0.5, 0.6) is 0 Å². The Morgan fingerprint density at radius 2 is 1.03 bits per heavy atom. The number of pyridine rings is 2. The summed E-state index contributed by atoms with van der Waals surface area (Å²) in [6.07, 6.45) is 2.51. The van der Waals surface area contributed by atoms with Gasteiger partial charge < -0.3 is 40.7 Å². The number of Topliss-reactive ketones (excluding diaryl/α,β-unsaturated/α-hetero) is 2. The van der Waals surface area contributed by atoms with Crippen molar-refractivity contribution >= 4 is 70.1 Å². The number of aliphatic hydroxyl groups excluding tert-OH is 2. The van der Waals surface area contributed by atoms with Gasteiger partial charge in [0.2, 0.25) is 0 Å². The summed E-state index contributed by atoms with van der Waals surface area (Å²) in [7, 11) is -1.34. The summed E-state index contributed by atoms with van der Waals surface area (Å²) < 4.78 is 0. The fraction of sp³-hybridized carbons (Fsp3) is 0.250. The quantitative estimate of drug-likeness (QED) is 0.0452. The number of rotatable bonds is 10. The minimum Gasteiger partial charge on any atom is -0.423 e. The van der Waals surface area contributed by atoms with Crippen LogP contribution in [0.25, 0.3) is 11.3 Å². The predicted molar refractivity (Wildman–Crippen MR) is 250 cm³/mol. The van der Waals surface area contributed by atoms with E-state index in [9.17, 15) is 19.8 Å². The van der Waals surface area contributed by atoms with Crippen LogP contribution in [-0.4, -0.2) is 87.3 Å². The SMILES string of the molecule is CC(=O)c1cccc(Nc2cc(-c3ccccc3)nc(N3CCC(O)CC3)c2)c1.CC(=O)c1cccc(Nc2cc(Cl)nc(N3CCC(O)CC3)c2)c1.OB(O)c1ccccc1. The van der Waals surface area contributed by atoms with E-state index in [2.05, 4.69) is 25.4 Å². The van der Waals surface area contributed by atoms with Gasteiger partial charge in [0, 0.05) is 77.8 Å². The molecule has 4 heterocycles. The van der Waals surface area contributed by atoms with Gasteiger partial charge >= 0.3 is 7.12 Å². The van der Waals surface area contributed by atoms with Crippen LogP contribution in [0.3, 0.4) is 0 Å². The molecule has 2 fully saturated rings. The van der Waals surface area contributed by atoms with Gasteiger partial charge in [-0.15, -0.1) is 0 Å². The number of carbonyl (C=O) groups is 2. The molecule has 8 rings (SSSR count). The number of carbonyl (C=O) groups excluding carboxylic acids is 2. The topological polar surface area (TPSA) is 171 Å². The number of aliphatic hydroxyl groups is 2. The Kier molecular flexibility index (Phi) is 16.2. The van der Waals surface area contributed by atoms with Crippen molar-refractivity contribution in [3.8, 4) is 11.3 Å². The van der Waals surface area contributed by atoms with Gasteiger partial charge in [-0.2, -0.15) is 0 Å². The van der Waals surface area contributed by atoms with Crippen molar-refractivity contribution < 1.29 is 29.9 Å². The Balaban J connectivity index is 0.000000175. The van der Waals surface area contributed by atoms with Gasteiger partial charge in [0.05, 0.1) is 17.9 Å². The minimum absolute atomic E-state index is 0.0268. The number of hydrogen-bond donors (Lipinski definition) is 6. The second kappa shape index (κ2) is 22.1. The second-order valence-electron chi connectivity index (χ2n) is 15.2. The van der Waals surface area contributed by atoms with Crippen LogP contribution in [-0.2, 0) is 0 Å². The Morgan fingerprint density at radius 1 is 0.581 bits per heavy atom. The van der Waals surface area contributed by atoms with Gasteiger partial charge in [0.1, 0.15) is 16.8 Å². The van der Waals surface area contributed by atoms with E-state index in [1.807, 2.05) is 97.1 Å². The average Bonchev–Trinajstić information content (AvgIpc) is 3.28. The Labute approximate surface area is 368 Å². The Hall–Kier alpha value is -6.09. The number of nitrogens with zero attached hydrogens (tertiary/aromatic N) is 4. The van der Waals surface area contributed by atoms with E-state index >= 15 is 0 Å². The molecule has 62 heavy (non-hydrogen) atoms. The molecule has 2 aromatic heterocycles. The number of aromatic nitrogens is 2. The summed E-state index contributed by atoms with van der Waals surface area (Å²) in [5.74, 6) is 1.75. The molecule has 0 amide bonds. The van der Waals surface area contributed by atoms with Crippen molar-refractivity contribution in [2.24, 2.45) is 0 Å². The number of halogens is 1. The first-order chi connectivity index (χ1) is 29.9. The first kappa shape index (κ1) is 45.4. The van der Waals surface area contributed by atoms with Gasteiger partial charge in [0.25, 0.3) is 0 Å². The monoisotopic (exact) mass is 854 g/mol. The molecule has 14 heteroatoms. The highest BCUT2D eigenvalue weighted by atomic mass is 35.5. The number of piperidine rings is 2. The maximum atomic E-state index is 11.7. The first-order valence-electron chi connectivity index (χ1n) is 20.7. The van der Waals surface area contributed by atoms with Crippen molar-refractivity contribution in [2.45, 2.75) is 51.7 Å². The van der Waals surface area contributed by atoms with Crippen molar-refractivity contribution in [1.29, 1.82) is 0 Å². The molecule has 2 aliphatic heterocycles. The lowest BCUT2D eigenvalue weighted by Gasteiger charge is -2.31. The molecule has 0 saturated carbocycles. The second-order valence-corrected chi connectivity index (χ2v) is 15.6. The molecule has 2 saturated heterocycles. The zero-order valence-corrected chi connectivity index (χ0v) is 35.6. The number of ketones is 2. The smallest absolute Gasteiger partial charge is 0.423 e. The van der Waals surface area contributed by atoms with Gasteiger partial charge in [-0.25, -0.2) is 9.97 Å². The van der Waals surface area contributed by atoms with Gasteiger partial charge in [0.15, 0.2) is 11.6 Å². The summed E-state index contributed by atoms with van der Waals surface area (Å²) in [4.78, 5) is 36.8. The lowest BCUT2D eigenvalue weighted by Crippen LogP contribution is -2.36. The third-order valence-corrected chi connectivity index (χ3v) is 10.6. The molecule has 0 aliphatic carbocycles. The van der Waals surface area contributed by atoms with E-state index in [0.29, 0.717) is 21.7 Å². The Morgan fingerprint density at radius 3 is 1.48 bits per heavy atom. The molecule has 0 radical (unpaired) electrons. The van der Waals surface area contributed by atoms with Crippen LogP contribution in [0.2, 0.25) is 5.15 Å². The fourth-order valence-corrected chi connectivity index (χ4v) is 7.21. The van der Waals surface area contributed by atoms with Crippen LogP contribution in [0.15, 0.2) is 133 Å². The standard InChI is InChI=1S/C24H25N3O2.C18H20ClN3O2.C6H7BO2/c1-17(28)19-8-5-9-20(14-19)25-21-15-23(18-6-3-2-4-7-18)26-24(16-21)27-12-10-22(29)11-13-27;1-12(23)13-3-2-4-14(9-13)20-15-10-17(19)21-18(11-15)22-7-5-16(24)6-8-22;8-7(9)6-4-2-1-3-5-6/h2-9,14-16,22,29H,10-13H2,1H3,(H,25,26);2-4,9-11,16,24H,5-8H2,1H3,(H,20,21);1-5,8-9H. The number of benzene rings is 4. The molecule has 12 nitrogen and oxygen atoms in total. The van der Waals surface area contributed by atoms with Crippen LogP contribution < -0.4 is 25.9 Å². The Bertz CT molecular complexity index is 2390. The summed E-state index contributed by atoms with van der Waals surface area (Å²) in [6, 6.07) is 41.4. The van der Waals surface area contributed by atoms with Crippen LogP contribution in [0.1, 0.15) is 60.2 Å². The summed E-state index contributed by atoms with van der Waals surface area (Å²) >= 11 is 6.16. The van der Waals surface area contributed by atoms with Gasteiger partial charge in [-0.05, 0) is 81.4 Å². The van der Waals surface area contributed by atoms with E-state index in [0.717, 1.165) is 97.5 Å². The van der Waals surface area contributed by atoms with Crippen LogP contribution in [0, 0.1) is 0 Å². The van der Waals surface area contributed by atoms with Crippen LogP contribution in [0.4, 0.5) is 34.4 Å². The number of nitrogens with one attached hydrogen (secondary N) is 2. The summed E-state index contributed by atoms with van der Waals surface area (Å²) in [5.41, 5.74) is 7.22. The van der Waals surface area contributed by atoms with E-state index in [1.54, 1.807) is 50.2 Å². The zero-order valence-electron chi connectivity index (χ0n) is 34.9. The molecule has 2 aliphatic rings. The molecule has 320 valence electrons. The summed E-state index contributed by atoms with van der Waals surface area (Å²) in [5, 5.41) is 43.7. The van der Waals surface area contributed by atoms with Crippen molar-refractivity contribution in [2.75, 3.05) is 46.6 Å². The lowest BCUT2D eigenvalue weighted by atomic mass is 9.81. The van der Waals surface area contributed by atoms with E-state index < -0.39 is 7.12 Å². The molecule has 6 aromatic rings. The van der Waals surface area contributed by atoms with E-state index in [1.165, 1.54) is 0 Å². The highest BCUT2D eigenvalue weighted by molar-refractivity contribution is 6.58. The predicted octanol–water partition coefficient (Wildman–Crippen LogP) is 7.66. The first-order valence-corrected chi connectivity index (χ1v) is 21.1. The van der Waals surface area contributed by atoms with Crippen molar-refractivity contribution in [3.63, 3.8) is 0 Å². The molecule has 4 aromatic carbocycles. The third-order valence-electron chi connectivity index (χ3n) is 10.5. The third kappa shape index (κ3) is 13.5. The molecule has 0 unspecified atom stereocenters. The maximum Gasteiger partial charge on any atom is 0.488 e. The minimum atomic E-state index is -1.34. The van der Waals surface area contributed by atoms with E-state index in [4.69, 9.17) is 26.6 Å². The maximum absolute atomic E-state index is 11.7. The summed E-state index contributed by atoms with van der Waals surface area (Å²) in [6.45, 7) is 6.20. The highest BCUT2D eigenvalue weighted by Crippen LogP contribution is 2.30. The van der Waals surface area contributed by atoms with E-state index in [-0.39, 0.29) is 23.8 Å². The zero-order chi connectivity index (χ0) is 44.0. The van der Waals surface area contributed by atoms with Crippen LogP contribution >= 0.6 is 11.6 Å². The normalized spacial score (nSPS) is 14.1. The van der Waals surface area contributed by atoms with Gasteiger partial charge in [-0.3, -0.25) is 9.59 Å². The molecular weight excluding hydrogens is 803 g/mol. The lowest BCUT2D eigenvalue weighted by molar-refractivity contribution is 0.100. The largest absolute Gasteiger partial charge is 0.488 e. The highest BCUT2D eigenvalue weighted by Gasteiger charge is 2.21. The molecule has 6 N–H and O–H groups in total. The number of hydrogen-bond acceptors (Lipinski definition) is 12. The molecule has 0 atom stereocenters. The number of anilines is 6.